The molecule has 6 heteroatoms. The van der Waals surface area contributed by atoms with E-state index in [1.165, 1.54) is 0 Å². The summed E-state index contributed by atoms with van der Waals surface area (Å²) in [5.41, 5.74) is 3.57. The number of nitrogens with one attached hydrogen (secondary N) is 1. The minimum Gasteiger partial charge on any atom is -0.391 e. The summed E-state index contributed by atoms with van der Waals surface area (Å²) in [6, 6.07) is 0. The summed E-state index contributed by atoms with van der Waals surface area (Å²) < 4.78 is 0. The Morgan fingerprint density at radius 2 is 2.16 bits per heavy atom. The molecular weight excluding hydrogens is 242 g/mol. The zero-order chi connectivity index (χ0) is 14.0. The lowest BCUT2D eigenvalue weighted by Gasteiger charge is -2.32. The Labute approximate surface area is 114 Å². The molecule has 1 aromatic rings. The molecule has 1 unspecified atom stereocenters. The number of nitrogens with two attached hydrogens (primary N) is 1. The van der Waals surface area contributed by atoms with Crippen molar-refractivity contribution in [3.05, 3.63) is 11.4 Å². The second kappa shape index (κ2) is 5.71. The van der Waals surface area contributed by atoms with Gasteiger partial charge >= 0.3 is 0 Å². The fourth-order valence-electron chi connectivity index (χ4n) is 2.38. The maximum absolute atomic E-state index is 9.81. The Balaban J connectivity index is 2.39. The molecule has 0 aliphatic carbocycles. The standard InChI is InChI=1S/C13H23N5O/c1-8(2)11-15-12(17-14)9(3)13(16-11)18-6-4-5-10(19)7-18/h8,10,19H,4-7,14H2,1-3H3,(H,15,16,17). The number of hydrogen-bond acceptors (Lipinski definition) is 6. The highest BCUT2D eigenvalue weighted by atomic mass is 16.3. The largest absolute Gasteiger partial charge is 0.391 e. The normalized spacial score (nSPS) is 19.9. The van der Waals surface area contributed by atoms with Gasteiger partial charge in [0.2, 0.25) is 0 Å². The van der Waals surface area contributed by atoms with E-state index in [9.17, 15) is 5.11 Å². The predicted molar refractivity (Wildman–Crippen MR) is 76.1 cm³/mol. The maximum atomic E-state index is 9.81. The van der Waals surface area contributed by atoms with Crippen LogP contribution in [0.4, 0.5) is 11.6 Å². The van der Waals surface area contributed by atoms with Gasteiger partial charge in [0.25, 0.3) is 0 Å². The number of aromatic nitrogens is 2. The van der Waals surface area contributed by atoms with Crippen molar-refractivity contribution in [3.8, 4) is 0 Å². The number of piperidine rings is 1. The second-order valence-corrected chi connectivity index (χ2v) is 5.42. The Hall–Kier alpha value is -1.40. The van der Waals surface area contributed by atoms with E-state index in [0.717, 1.165) is 36.6 Å². The summed E-state index contributed by atoms with van der Waals surface area (Å²) in [6.45, 7) is 7.60. The van der Waals surface area contributed by atoms with Gasteiger partial charge in [0.15, 0.2) is 0 Å². The summed E-state index contributed by atoms with van der Waals surface area (Å²) in [4.78, 5) is 11.2. The van der Waals surface area contributed by atoms with E-state index in [1.54, 1.807) is 0 Å². The van der Waals surface area contributed by atoms with E-state index in [1.807, 2.05) is 6.92 Å². The van der Waals surface area contributed by atoms with Gasteiger partial charge in [-0.25, -0.2) is 15.8 Å². The molecule has 1 atom stereocenters. The van der Waals surface area contributed by atoms with Gasteiger partial charge in [-0.05, 0) is 19.8 Å². The number of β-amino-alcohol motifs (C(OH)–C–C–N with tert-alkyl or cyclic N) is 1. The van der Waals surface area contributed by atoms with Crippen LogP contribution in [0.2, 0.25) is 0 Å². The van der Waals surface area contributed by atoms with Crippen LogP contribution in [0.5, 0.6) is 0 Å². The topological polar surface area (TPSA) is 87.3 Å². The van der Waals surface area contributed by atoms with Crippen molar-refractivity contribution in [2.75, 3.05) is 23.4 Å². The monoisotopic (exact) mass is 265 g/mol. The van der Waals surface area contributed by atoms with E-state index in [4.69, 9.17) is 5.84 Å². The Bertz CT molecular complexity index is 449. The molecule has 0 spiro atoms. The highest BCUT2D eigenvalue weighted by Gasteiger charge is 2.23. The van der Waals surface area contributed by atoms with E-state index in [2.05, 4.69) is 34.1 Å². The van der Waals surface area contributed by atoms with Gasteiger partial charge in [-0.2, -0.15) is 0 Å². The van der Waals surface area contributed by atoms with Crippen molar-refractivity contribution in [3.63, 3.8) is 0 Å². The summed E-state index contributed by atoms with van der Waals surface area (Å²) in [5, 5.41) is 9.81. The van der Waals surface area contributed by atoms with Gasteiger partial charge in [-0.3, -0.25) is 0 Å². The number of hydrazine groups is 1. The minimum atomic E-state index is -0.278. The van der Waals surface area contributed by atoms with Gasteiger partial charge in [0.05, 0.1) is 6.10 Å². The number of aliphatic hydroxyl groups excluding tert-OH is 1. The van der Waals surface area contributed by atoms with Crippen LogP contribution in [0.25, 0.3) is 0 Å². The molecule has 1 aromatic heterocycles. The van der Waals surface area contributed by atoms with Crippen LogP contribution in [0.3, 0.4) is 0 Å². The molecule has 1 saturated heterocycles. The summed E-state index contributed by atoms with van der Waals surface area (Å²) in [7, 11) is 0. The average molecular weight is 265 g/mol. The first-order valence-electron chi connectivity index (χ1n) is 6.81. The number of rotatable bonds is 3. The van der Waals surface area contributed by atoms with Gasteiger partial charge in [-0.1, -0.05) is 13.8 Å². The summed E-state index contributed by atoms with van der Waals surface area (Å²) in [6.07, 6.45) is 1.56. The first-order chi connectivity index (χ1) is 9.02. The van der Waals surface area contributed by atoms with Crippen LogP contribution in [-0.2, 0) is 0 Å². The first kappa shape index (κ1) is 14.0. The van der Waals surface area contributed by atoms with E-state index in [-0.39, 0.29) is 12.0 Å². The van der Waals surface area contributed by atoms with Crippen molar-refractivity contribution in [2.45, 2.75) is 45.6 Å². The number of anilines is 2. The number of hydrogen-bond donors (Lipinski definition) is 3. The molecule has 0 aromatic carbocycles. The van der Waals surface area contributed by atoms with Crippen LogP contribution < -0.4 is 16.2 Å². The van der Waals surface area contributed by atoms with Crippen LogP contribution in [0, 0.1) is 6.92 Å². The van der Waals surface area contributed by atoms with Gasteiger partial charge in [-0.15, -0.1) is 0 Å². The Morgan fingerprint density at radius 1 is 1.42 bits per heavy atom. The zero-order valence-electron chi connectivity index (χ0n) is 11.8. The lowest BCUT2D eigenvalue weighted by molar-refractivity contribution is 0.154. The molecule has 4 N–H and O–H groups in total. The van der Waals surface area contributed by atoms with Gasteiger partial charge < -0.3 is 15.4 Å². The molecule has 2 rings (SSSR count). The van der Waals surface area contributed by atoms with Crippen LogP contribution >= 0.6 is 0 Å². The van der Waals surface area contributed by atoms with E-state index >= 15 is 0 Å². The molecule has 0 bridgehead atoms. The van der Waals surface area contributed by atoms with Crippen LogP contribution in [0.15, 0.2) is 0 Å². The van der Waals surface area contributed by atoms with Crippen molar-refractivity contribution in [1.82, 2.24) is 9.97 Å². The third-order valence-corrected chi connectivity index (χ3v) is 3.49. The number of nitrogen functional groups attached to an aromatic ring is 1. The maximum Gasteiger partial charge on any atom is 0.148 e. The van der Waals surface area contributed by atoms with Crippen molar-refractivity contribution >= 4 is 11.6 Å². The van der Waals surface area contributed by atoms with Crippen molar-refractivity contribution in [2.24, 2.45) is 5.84 Å². The smallest absolute Gasteiger partial charge is 0.148 e. The fraction of sp³-hybridized carbons (Fsp3) is 0.692. The quantitative estimate of drug-likeness (QED) is 0.561. The molecule has 2 heterocycles. The molecule has 0 amide bonds. The molecule has 1 fully saturated rings. The zero-order valence-corrected chi connectivity index (χ0v) is 11.8. The molecule has 6 nitrogen and oxygen atoms in total. The minimum absolute atomic E-state index is 0.237. The molecule has 106 valence electrons. The Kier molecular flexibility index (Phi) is 4.21. The van der Waals surface area contributed by atoms with Gasteiger partial charge in [0, 0.05) is 24.6 Å². The molecule has 19 heavy (non-hydrogen) atoms. The average Bonchev–Trinajstić information content (AvgIpc) is 2.38. The second-order valence-electron chi connectivity index (χ2n) is 5.42. The SMILES string of the molecule is Cc1c(NN)nc(C(C)C)nc1N1CCCC(O)C1. The van der Waals surface area contributed by atoms with Gasteiger partial charge in [0.1, 0.15) is 17.5 Å². The molecule has 1 aliphatic heterocycles. The van der Waals surface area contributed by atoms with Crippen LogP contribution in [0.1, 0.15) is 44.0 Å². The lowest BCUT2D eigenvalue weighted by Crippen LogP contribution is -2.39. The van der Waals surface area contributed by atoms with E-state index < -0.39 is 0 Å². The first-order valence-corrected chi connectivity index (χ1v) is 6.81. The van der Waals surface area contributed by atoms with Crippen molar-refractivity contribution < 1.29 is 5.11 Å². The fourth-order valence-corrected chi connectivity index (χ4v) is 2.38. The molecule has 0 saturated carbocycles. The van der Waals surface area contributed by atoms with E-state index in [0.29, 0.717) is 12.4 Å². The number of nitrogens with zero attached hydrogens (tertiary/aromatic N) is 3. The molecule has 0 radical (unpaired) electrons. The highest BCUT2D eigenvalue weighted by Crippen LogP contribution is 2.27. The van der Waals surface area contributed by atoms with Crippen molar-refractivity contribution in [1.29, 1.82) is 0 Å². The molecular formula is C13H23N5O. The third kappa shape index (κ3) is 2.96. The third-order valence-electron chi connectivity index (χ3n) is 3.49. The predicted octanol–water partition coefficient (Wildman–Crippen LogP) is 1.16. The summed E-state index contributed by atoms with van der Waals surface area (Å²) >= 11 is 0. The Morgan fingerprint density at radius 3 is 2.74 bits per heavy atom. The van der Waals surface area contributed by atoms with Crippen LogP contribution in [-0.4, -0.2) is 34.3 Å². The molecule has 1 aliphatic rings. The lowest BCUT2D eigenvalue weighted by atomic mass is 10.1. The highest BCUT2D eigenvalue weighted by molar-refractivity contribution is 5.58. The summed E-state index contributed by atoms with van der Waals surface area (Å²) in [5.74, 6) is 8.09. The number of aliphatic hydroxyl groups is 1.